The van der Waals surface area contributed by atoms with E-state index in [9.17, 15) is 4.39 Å². The summed E-state index contributed by atoms with van der Waals surface area (Å²) in [7, 11) is 1.74. The van der Waals surface area contributed by atoms with Gasteiger partial charge in [-0.15, -0.1) is 0 Å². The Kier molecular flexibility index (Phi) is 8.50. The zero-order chi connectivity index (χ0) is 15.7. The molecule has 1 aromatic carbocycles. The lowest BCUT2D eigenvalue weighted by Gasteiger charge is -2.34. The molecule has 0 amide bonds. The van der Waals surface area contributed by atoms with Gasteiger partial charge in [0.2, 0.25) is 0 Å². The van der Waals surface area contributed by atoms with Crippen molar-refractivity contribution in [3.63, 3.8) is 0 Å². The second-order valence-electron chi connectivity index (χ2n) is 5.25. The van der Waals surface area contributed by atoms with E-state index in [2.05, 4.69) is 15.9 Å². The van der Waals surface area contributed by atoms with E-state index >= 15 is 0 Å². The molecule has 1 fully saturated rings. The van der Waals surface area contributed by atoms with Gasteiger partial charge in [0.1, 0.15) is 5.82 Å². The molecule has 1 aliphatic rings. The van der Waals surface area contributed by atoms with Crippen LogP contribution >= 0.6 is 0 Å². The maximum atomic E-state index is 13.3. The fraction of sp³-hybridized carbons (Fsp3) is 0.647. The normalized spacial score (nSPS) is 16.4. The van der Waals surface area contributed by atoms with Gasteiger partial charge in [0.15, 0.2) is 0 Å². The quantitative estimate of drug-likeness (QED) is 0.831. The molecule has 2 rings (SSSR count). The number of piperazine rings is 1. The molecule has 1 aromatic rings. The fourth-order valence-corrected chi connectivity index (χ4v) is 2.55. The van der Waals surface area contributed by atoms with Gasteiger partial charge in [0.25, 0.3) is 0 Å². The van der Waals surface area contributed by atoms with E-state index in [4.69, 9.17) is 4.74 Å². The Hall–Kier alpha value is -0.970. The molecule has 4 heteroatoms. The molecule has 0 N–H and O–H groups in total. The van der Waals surface area contributed by atoms with Crippen LogP contribution in [0.4, 0.5) is 4.39 Å². The number of nitrogens with zero attached hydrogens (tertiary/aromatic N) is 2. The highest BCUT2D eigenvalue weighted by molar-refractivity contribution is 5.23. The molecule has 0 spiro atoms. The third-order valence-electron chi connectivity index (χ3n) is 3.58. The molecule has 0 atom stereocenters. The number of aryl methyl sites for hydroxylation is 1. The van der Waals surface area contributed by atoms with Crippen LogP contribution < -0.4 is 0 Å². The Balaban J connectivity index is 0.00000106. The molecule has 0 bridgehead atoms. The number of benzene rings is 1. The van der Waals surface area contributed by atoms with Crippen LogP contribution in [0.1, 0.15) is 25.0 Å². The Labute approximate surface area is 128 Å². The van der Waals surface area contributed by atoms with Crippen molar-refractivity contribution in [1.29, 1.82) is 0 Å². The van der Waals surface area contributed by atoms with Crippen LogP contribution in [-0.2, 0) is 11.3 Å². The van der Waals surface area contributed by atoms with Crippen molar-refractivity contribution in [1.82, 2.24) is 9.80 Å². The maximum absolute atomic E-state index is 13.3. The summed E-state index contributed by atoms with van der Waals surface area (Å²) in [6, 6.07) is 5.29. The van der Waals surface area contributed by atoms with E-state index in [1.54, 1.807) is 19.2 Å². The Morgan fingerprint density at radius 1 is 1.05 bits per heavy atom. The highest BCUT2D eigenvalue weighted by Gasteiger charge is 2.16. The molecular weight excluding hydrogens is 267 g/mol. The van der Waals surface area contributed by atoms with Crippen LogP contribution in [0, 0.1) is 12.7 Å². The predicted octanol–water partition coefficient (Wildman–Crippen LogP) is 2.92. The summed E-state index contributed by atoms with van der Waals surface area (Å²) in [5.74, 6) is -0.131. The van der Waals surface area contributed by atoms with Crippen LogP contribution in [0.2, 0.25) is 0 Å². The van der Waals surface area contributed by atoms with Crippen molar-refractivity contribution in [2.45, 2.75) is 27.3 Å². The maximum Gasteiger partial charge on any atom is 0.123 e. The van der Waals surface area contributed by atoms with Crippen molar-refractivity contribution >= 4 is 0 Å². The lowest BCUT2D eigenvalue weighted by Crippen LogP contribution is -2.46. The van der Waals surface area contributed by atoms with Gasteiger partial charge in [0.05, 0.1) is 6.61 Å². The van der Waals surface area contributed by atoms with Crippen molar-refractivity contribution in [2.75, 3.05) is 46.4 Å². The number of ether oxygens (including phenoxy) is 1. The minimum absolute atomic E-state index is 0.131. The lowest BCUT2D eigenvalue weighted by molar-refractivity contribution is 0.0937. The number of hydrogen-bond donors (Lipinski definition) is 0. The van der Waals surface area contributed by atoms with Crippen molar-refractivity contribution < 1.29 is 9.13 Å². The van der Waals surface area contributed by atoms with E-state index in [1.807, 2.05) is 20.8 Å². The number of rotatable bonds is 5. The highest BCUT2D eigenvalue weighted by Crippen LogP contribution is 2.12. The molecule has 0 unspecified atom stereocenters. The minimum atomic E-state index is -0.131. The summed E-state index contributed by atoms with van der Waals surface area (Å²) in [5, 5.41) is 0. The van der Waals surface area contributed by atoms with Crippen molar-refractivity contribution in [3.05, 3.63) is 35.1 Å². The van der Waals surface area contributed by atoms with Gasteiger partial charge in [-0.05, 0) is 30.2 Å². The van der Waals surface area contributed by atoms with E-state index in [0.29, 0.717) is 0 Å². The standard InChI is InChI=1S/C15H23FN2O.C2H6/c1-13-9-14(11-15(16)10-13)12-18-5-3-17(4-6-18)7-8-19-2;1-2/h9-11H,3-8,12H2,1-2H3;1-2H3. The molecule has 0 aromatic heterocycles. The molecule has 21 heavy (non-hydrogen) atoms. The smallest absolute Gasteiger partial charge is 0.123 e. The van der Waals surface area contributed by atoms with E-state index in [0.717, 1.165) is 57.0 Å². The summed E-state index contributed by atoms with van der Waals surface area (Å²) in [6.45, 7) is 12.8. The zero-order valence-electron chi connectivity index (χ0n) is 13.9. The van der Waals surface area contributed by atoms with Gasteiger partial charge in [0, 0.05) is 46.4 Å². The molecule has 120 valence electrons. The molecule has 0 saturated carbocycles. The fourth-order valence-electron chi connectivity index (χ4n) is 2.55. The van der Waals surface area contributed by atoms with E-state index in [1.165, 1.54) is 0 Å². The van der Waals surface area contributed by atoms with Crippen LogP contribution in [0.5, 0.6) is 0 Å². The number of methoxy groups -OCH3 is 1. The number of hydrogen-bond acceptors (Lipinski definition) is 3. The molecule has 1 heterocycles. The largest absolute Gasteiger partial charge is 0.383 e. The Morgan fingerprint density at radius 2 is 1.67 bits per heavy atom. The monoisotopic (exact) mass is 296 g/mol. The second kappa shape index (κ2) is 9.87. The molecule has 0 radical (unpaired) electrons. The average Bonchev–Trinajstić information content (AvgIpc) is 2.47. The number of halogens is 1. The van der Waals surface area contributed by atoms with Crippen LogP contribution in [0.3, 0.4) is 0 Å². The Morgan fingerprint density at radius 3 is 2.24 bits per heavy atom. The third kappa shape index (κ3) is 6.55. The summed E-state index contributed by atoms with van der Waals surface area (Å²) >= 11 is 0. The average molecular weight is 296 g/mol. The van der Waals surface area contributed by atoms with E-state index in [-0.39, 0.29) is 5.82 Å². The SMILES string of the molecule is CC.COCCN1CCN(Cc2cc(C)cc(F)c2)CC1. The van der Waals surface area contributed by atoms with Gasteiger partial charge in [-0.25, -0.2) is 4.39 Å². The van der Waals surface area contributed by atoms with Crippen LogP contribution in [-0.4, -0.2) is 56.2 Å². The molecule has 0 aliphatic carbocycles. The van der Waals surface area contributed by atoms with Crippen LogP contribution in [0.15, 0.2) is 18.2 Å². The Bertz CT molecular complexity index is 384. The van der Waals surface area contributed by atoms with Gasteiger partial charge < -0.3 is 4.74 Å². The highest BCUT2D eigenvalue weighted by atomic mass is 19.1. The van der Waals surface area contributed by atoms with E-state index < -0.39 is 0 Å². The summed E-state index contributed by atoms with van der Waals surface area (Å²) in [5.41, 5.74) is 2.07. The molecular formula is C17H29FN2O. The first kappa shape index (κ1) is 18.1. The third-order valence-corrected chi connectivity index (χ3v) is 3.58. The van der Waals surface area contributed by atoms with Gasteiger partial charge in [-0.1, -0.05) is 19.9 Å². The topological polar surface area (TPSA) is 15.7 Å². The lowest BCUT2D eigenvalue weighted by atomic mass is 10.1. The first-order chi connectivity index (χ1) is 10.2. The summed E-state index contributed by atoms with van der Waals surface area (Å²) in [6.07, 6.45) is 0. The summed E-state index contributed by atoms with van der Waals surface area (Å²) in [4.78, 5) is 4.80. The van der Waals surface area contributed by atoms with Gasteiger partial charge in [-0.3, -0.25) is 9.80 Å². The van der Waals surface area contributed by atoms with Gasteiger partial charge >= 0.3 is 0 Å². The first-order valence-corrected chi connectivity index (χ1v) is 7.87. The van der Waals surface area contributed by atoms with Crippen LogP contribution in [0.25, 0.3) is 0 Å². The molecule has 1 saturated heterocycles. The van der Waals surface area contributed by atoms with Crippen molar-refractivity contribution in [2.24, 2.45) is 0 Å². The first-order valence-electron chi connectivity index (χ1n) is 7.87. The van der Waals surface area contributed by atoms with Gasteiger partial charge in [-0.2, -0.15) is 0 Å². The molecule has 1 aliphatic heterocycles. The minimum Gasteiger partial charge on any atom is -0.383 e. The predicted molar refractivity (Wildman–Crippen MR) is 86.1 cm³/mol. The second-order valence-corrected chi connectivity index (χ2v) is 5.25. The summed E-state index contributed by atoms with van der Waals surface area (Å²) < 4.78 is 18.4. The van der Waals surface area contributed by atoms with Crippen molar-refractivity contribution in [3.8, 4) is 0 Å². The zero-order valence-corrected chi connectivity index (χ0v) is 13.9. The molecule has 3 nitrogen and oxygen atoms in total.